The van der Waals surface area contributed by atoms with Crippen LogP contribution < -0.4 is 16.4 Å². The zero-order chi connectivity index (χ0) is 8.15. The molecule has 9 heteroatoms. The van der Waals surface area contributed by atoms with Crippen molar-refractivity contribution in [1.82, 2.24) is 6.15 Å². The quantitative estimate of drug-likeness (QED) is 0.369. The number of ether oxygens (including phenoxy) is 2. The molecule has 0 atom stereocenters. The molecule has 0 aliphatic heterocycles. The second-order valence-electron chi connectivity index (χ2n) is 0.954. The van der Waals surface area contributed by atoms with Gasteiger partial charge in [-0.15, -0.1) is 0 Å². The topological polar surface area (TPSA) is 152 Å². The molecule has 0 saturated carbocycles. The first-order chi connectivity index (χ1) is 4.52. The van der Waals surface area contributed by atoms with E-state index in [9.17, 15) is 24.6 Å². The molecule has 12 heavy (non-hydrogen) atoms. The molecule has 0 heterocycles. The summed E-state index contributed by atoms with van der Waals surface area (Å²) in [6.07, 6.45) is -6.32. The van der Waals surface area contributed by atoms with Gasteiger partial charge in [-0.1, -0.05) is 0 Å². The number of hydrogen-bond donors (Lipinski definition) is 1. The van der Waals surface area contributed by atoms with Crippen molar-refractivity contribution >= 4 is 18.5 Å². The normalized spacial score (nSPS) is 6.67. The van der Waals surface area contributed by atoms with Gasteiger partial charge < -0.3 is 35.4 Å². The van der Waals surface area contributed by atoms with Crippen LogP contribution in [0.1, 0.15) is 0 Å². The van der Waals surface area contributed by atoms with Crippen LogP contribution in [0, 0.1) is 31.1 Å². The summed E-state index contributed by atoms with van der Waals surface area (Å²) in [5.74, 6) is 0. The van der Waals surface area contributed by atoms with Crippen molar-refractivity contribution in [3.63, 3.8) is 0 Å². The molecule has 0 aliphatic carbocycles. The Morgan fingerprint density at radius 1 is 0.917 bits per heavy atom. The van der Waals surface area contributed by atoms with Crippen molar-refractivity contribution in [2.75, 3.05) is 0 Å². The molecule has 0 aromatic carbocycles. The molecule has 0 amide bonds. The molecular weight excluding hydrogens is 400 g/mol. The second-order valence-corrected chi connectivity index (χ2v) is 0.954. The Balaban J connectivity index is -0.000000405. The van der Waals surface area contributed by atoms with E-state index in [0.29, 0.717) is 0 Å². The first kappa shape index (κ1) is 17.3. The van der Waals surface area contributed by atoms with E-state index < -0.39 is 18.5 Å². The number of carboxylic acid groups (broad SMARTS) is 2. The van der Waals surface area contributed by atoms with Crippen molar-refractivity contribution in [3.8, 4) is 0 Å². The van der Waals surface area contributed by atoms with Gasteiger partial charge in [-0.2, -0.15) is 0 Å². The Labute approximate surface area is 89.8 Å². The van der Waals surface area contributed by atoms with E-state index in [1.807, 2.05) is 0 Å². The van der Waals surface area contributed by atoms with Gasteiger partial charge in [-0.05, 0) is 0 Å². The van der Waals surface area contributed by atoms with Gasteiger partial charge in [-0.3, -0.25) is 0 Å². The van der Waals surface area contributed by atoms with Gasteiger partial charge in [0, 0.05) is 31.1 Å². The van der Waals surface area contributed by atoms with E-state index in [4.69, 9.17) is 0 Å². The van der Waals surface area contributed by atoms with Gasteiger partial charge in [-0.25, -0.2) is 4.79 Å². The average molecular weight is 404 g/mol. The first-order valence-electron chi connectivity index (χ1n) is 1.84. The summed E-state index contributed by atoms with van der Waals surface area (Å²) in [7, 11) is 0. The maximum Gasteiger partial charge on any atom is 0.362 e. The number of carbonyl (C=O) groups is 3. The number of carbonyl (C=O) groups excluding carboxylic acids is 3. The molecular formula is C3H4NO7U-. The van der Waals surface area contributed by atoms with Crippen LogP contribution in [0.15, 0.2) is 0 Å². The minimum atomic E-state index is -2.20. The van der Waals surface area contributed by atoms with E-state index >= 15 is 0 Å². The molecule has 0 spiro atoms. The average Bonchev–Trinajstić information content (AvgIpc) is 1.58. The summed E-state index contributed by atoms with van der Waals surface area (Å²) in [6, 6.07) is 0. The van der Waals surface area contributed by atoms with Crippen LogP contribution >= 0.6 is 0 Å². The minimum absolute atomic E-state index is 0. The van der Waals surface area contributed by atoms with E-state index in [2.05, 4.69) is 9.47 Å². The van der Waals surface area contributed by atoms with Crippen molar-refractivity contribution in [2.24, 2.45) is 0 Å². The van der Waals surface area contributed by atoms with Crippen LogP contribution in [0.3, 0.4) is 0 Å². The largest absolute Gasteiger partial charge is 0.467 e. The number of quaternary nitrogens is 1. The zero-order valence-electron chi connectivity index (χ0n) is 5.86. The Morgan fingerprint density at radius 3 is 1.33 bits per heavy atom. The van der Waals surface area contributed by atoms with Crippen LogP contribution in [0.5, 0.6) is 0 Å². The Bertz CT molecular complexity index is 161. The molecule has 0 radical (unpaired) electrons. The third-order valence-electron chi connectivity index (χ3n) is 0.333. The molecule has 0 saturated heterocycles. The van der Waals surface area contributed by atoms with Crippen LogP contribution in [-0.2, 0) is 9.47 Å². The smallest absolute Gasteiger partial charge is 0.362 e. The Hall–Kier alpha value is -0.778. The molecule has 0 rings (SSSR count). The fraction of sp³-hybridized carbons (Fsp3) is 0. The fourth-order valence-electron chi connectivity index (χ4n) is 0.157. The molecule has 0 fully saturated rings. The van der Waals surface area contributed by atoms with Gasteiger partial charge in [0.05, 0.1) is 0 Å². The van der Waals surface area contributed by atoms with Gasteiger partial charge in [0.2, 0.25) is 0 Å². The van der Waals surface area contributed by atoms with E-state index in [-0.39, 0.29) is 37.3 Å². The van der Waals surface area contributed by atoms with E-state index in [0.717, 1.165) is 0 Å². The summed E-state index contributed by atoms with van der Waals surface area (Å²) in [4.78, 5) is 28.5. The van der Waals surface area contributed by atoms with Gasteiger partial charge in [0.25, 0.3) is 12.3 Å². The monoisotopic (exact) mass is 404 g/mol. The van der Waals surface area contributed by atoms with Gasteiger partial charge >= 0.3 is 6.16 Å². The van der Waals surface area contributed by atoms with Crippen molar-refractivity contribution in [2.45, 2.75) is 0 Å². The third kappa shape index (κ3) is 12.0. The molecule has 68 valence electrons. The van der Waals surface area contributed by atoms with Gasteiger partial charge in [0.15, 0.2) is 0 Å². The molecule has 8 nitrogen and oxygen atoms in total. The van der Waals surface area contributed by atoms with Crippen LogP contribution in [0.2, 0.25) is 0 Å². The van der Waals surface area contributed by atoms with Crippen molar-refractivity contribution in [3.05, 3.63) is 0 Å². The fourth-order valence-corrected chi connectivity index (χ4v) is 0.157. The SMILES string of the molecule is O=C([O-])OC(=O)OC(=O)[O-].[NH4+].[U]. The predicted octanol–water partition coefficient (Wildman–Crippen LogP) is -1.80. The maximum absolute atomic E-state index is 9.78. The second kappa shape index (κ2) is 8.32. The molecule has 0 bridgehead atoms. The molecule has 0 unspecified atom stereocenters. The summed E-state index contributed by atoms with van der Waals surface area (Å²) in [5.41, 5.74) is 0. The van der Waals surface area contributed by atoms with Crippen LogP contribution in [0.25, 0.3) is 0 Å². The maximum atomic E-state index is 9.78. The number of hydrogen-bond acceptors (Lipinski definition) is 7. The molecule has 4 N–H and O–H groups in total. The van der Waals surface area contributed by atoms with E-state index in [1.165, 1.54) is 0 Å². The molecule has 0 aliphatic rings. The standard InChI is InChI=1S/C3H2O7.H3N.U/c4-1(5)9-3(8)10-2(6)7;;/h(H,4,5)(H,6,7);1H3;/p-1. The molecule has 0 aromatic rings. The summed E-state index contributed by atoms with van der Waals surface area (Å²) < 4.78 is 6.17. The number of rotatable bonds is 0. The minimum Gasteiger partial charge on any atom is -0.467 e. The van der Waals surface area contributed by atoms with Crippen LogP contribution in [0.4, 0.5) is 14.4 Å². The Morgan fingerprint density at radius 2 is 1.17 bits per heavy atom. The summed E-state index contributed by atoms with van der Waals surface area (Å²) >= 11 is 0. The van der Waals surface area contributed by atoms with E-state index in [1.54, 1.807) is 0 Å². The van der Waals surface area contributed by atoms with Gasteiger partial charge in [0.1, 0.15) is 0 Å². The van der Waals surface area contributed by atoms with Crippen molar-refractivity contribution < 1.29 is 65.2 Å². The summed E-state index contributed by atoms with van der Waals surface area (Å²) in [6.45, 7) is 0. The third-order valence-corrected chi connectivity index (χ3v) is 0.333. The summed E-state index contributed by atoms with van der Waals surface area (Å²) in [5, 5.41) is 18.7. The van der Waals surface area contributed by atoms with Crippen LogP contribution in [-0.4, -0.2) is 18.5 Å². The zero-order valence-corrected chi connectivity index (χ0v) is 10.0. The molecule has 0 aromatic heterocycles. The predicted molar refractivity (Wildman–Crippen MR) is 24.3 cm³/mol. The van der Waals surface area contributed by atoms with Crippen molar-refractivity contribution in [1.29, 1.82) is 0 Å². The Kier molecular flexibility index (Phi) is 12.0. The first-order valence-corrected chi connectivity index (χ1v) is 1.84.